The van der Waals surface area contributed by atoms with E-state index in [-0.39, 0.29) is 17.5 Å². The van der Waals surface area contributed by atoms with E-state index < -0.39 is 0 Å². The minimum Gasteiger partial charge on any atom is -0.461 e. The summed E-state index contributed by atoms with van der Waals surface area (Å²) in [5, 5.41) is 0. The molecule has 0 amide bonds. The van der Waals surface area contributed by atoms with Crippen molar-refractivity contribution in [3.8, 4) is 0 Å². The molecule has 3 heteroatoms. The van der Waals surface area contributed by atoms with Crippen molar-refractivity contribution in [3.05, 3.63) is 0 Å². The molecule has 0 N–H and O–H groups in total. The van der Waals surface area contributed by atoms with Crippen LogP contribution in [0.15, 0.2) is 0 Å². The number of rotatable bonds is 9. The smallest absolute Gasteiger partial charge is 0.320 e. The van der Waals surface area contributed by atoms with Crippen LogP contribution in [-0.4, -0.2) is 36.6 Å². The van der Waals surface area contributed by atoms with Crippen molar-refractivity contribution < 1.29 is 9.53 Å². The van der Waals surface area contributed by atoms with Gasteiger partial charge in [-0.05, 0) is 56.5 Å². The van der Waals surface area contributed by atoms with Crippen LogP contribution in [0.4, 0.5) is 0 Å². The van der Waals surface area contributed by atoms with Crippen molar-refractivity contribution in [2.75, 3.05) is 19.6 Å². The van der Waals surface area contributed by atoms with Crippen LogP contribution in [0, 0.1) is 16.7 Å². The lowest BCUT2D eigenvalue weighted by Gasteiger charge is -2.38. The molecule has 0 radical (unpaired) electrons. The molecule has 0 unspecified atom stereocenters. The number of fused-ring (bicyclic) bond motifs is 2. The van der Waals surface area contributed by atoms with E-state index in [1.165, 1.54) is 25.7 Å². The highest BCUT2D eigenvalue weighted by atomic mass is 16.5. The summed E-state index contributed by atoms with van der Waals surface area (Å²) in [6.45, 7) is 14.0. The Kier molecular flexibility index (Phi) is 6.16. The second-order valence-corrected chi connectivity index (χ2v) is 8.57. The molecule has 0 aliphatic heterocycles. The zero-order chi connectivity index (χ0) is 17.1. The first kappa shape index (κ1) is 18.8. The quantitative estimate of drug-likeness (QED) is 0.579. The first-order valence-corrected chi connectivity index (χ1v) is 9.77. The summed E-state index contributed by atoms with van der Waals surface area (Å²) < 4.78 is 5.99. The maximum Gasteiger partial charge on any atom is 0.320 e. The van der Waals surface area contributed by atoms with Gasteiger partial charge < -0.3 is 4.74 Å². The Morgan fingerprint density at radius 3 is 2.17 bits per heavy atom. The molecule has 2 saturated carbocycles. The Hall–Kier alpha value is -0.570. The SMILES string of the molecule is CCCCN(CCCC)CC(=O)O[C@@H]1C[C@@H]2CC[C@@]1(C)C2(C)C. The van der Waals surface area contributed by atoms with Gasteiger partial charge in [0.05, 0.1) is 6.54 Å². The normalized spacial score (nSPS) is 31.7. The van der Waals surface area contributed by atoms with Gasteiger partial charge in [-0.25, -0.2) is 0 Å². The molecule has 0 heterocycles. The number of carbonyl (C=O) groups is 1. The second kappa shape index (κ2) is 7.55. The molecule has 2 aliphatic carbocycles. The van der Waals surface area contributed by atoms with E-state index in [9.17, 15) is 4.79 Å². The summed E-state index contributed by atoms with van der Waals surface area (Å²) in [4.78, 5) is 14.8. The van der Waals surface area contributed by atoms with E-state index in [1.54, 1.807) is 0 Å². The van der Waals surface area contributed by atoms with Crippen molar-refractivity contribution in [1.29, 1.82) is 0 Å². The van der Waals surface area contributed by atoms with E-state index in [0.717, 1.165) is 38.3 Å². The molecule has 23 heavy (non-hydrogen) atoms. The van der Waals surface area contributed by atoms with E-state index in [0.29, 0.717) is 12.0 Å². The van der Waals surface area contributed by atoms with Gasteiger partial charge in [0.15, 0.2) is 0 Å². The van der Waals surface area contributed by atoms with Gasteiger partial charge in [0.1, 0.15) is 6.10 Å². The summed E-state index contributed by atoms with van der Waals surface area (Å²) in [5.41, 5.74) is 0.479. The predicted octanol–water partition coefficient (Wildman–Crippen LogP) is 4.65. The molecule has 0 spiro atoms. The highest BCUT2D eigenvalue weighted by Gasteiger charge is 2.62. The first-order valence-electron chi connectivity index (χ1n) is 9.77. The Balaban J connectivity index is 1.88. The van der Waals surface area contributed by atoms with Crippen molar-refractivity contribution in [1.82, 2.24) is 4.90 Å². The monoisotopic (exact) mass is 323 g/mol. The molecule has 3 nitrogen and oxygen atoms in total. The third-order valence-electron chi connectivity index (χ3n) is 7.00. The average molecular weight is 324 g/mol. The van der Waals surface area contributed by atoms with Gasteiger partial charge in [-0.3, -0.25) is 9.69 Å². The Morgan fingerprint density at radius 2 is 1.74 bits per heavy atom. The maximum atomic E-state index is 12.5. The number of ether oxygens (including phenoxy) is 1. The average Bonchev–Trinajstić information content (AvgIpc) is 2.83. The van der Waals surface area contributed by atoms with E-state index in [1.807, 2.05) is 0 Å². The molecule has 0 aromatic carbocycles. The van der Waals surface area contributed by atoms with Crippen LogP contribution in [-0.2, 0) is 9.53 Å². The Labute approximate surface area is 143 Å². The van der Waals surface area contributed by atoms with Crippen LogP contribution in [0.1, 0.15) is 79.6 Å². The fourth-order valence-corrected chi connectivity index (χ4v) is 4.72. The van der Waals surface area contributed by atoms with Gasteiger partial charge in [-0.15, -0.1) is 0 Å². The highest BCUT2D eigenvalue weighted by molar-refractivity contribution is 5.72. The fraction of sp³-hybridized carbons (Fsp3) is 0.950. The largest absolute Gasteiger partial charge is 0.461 e. The van der Waals surface area contributed by atoms with Crippen LogP contribution in [0.2, 0.25) is 0 Å². The van der Waals surface area contributed by atoms with Gasteiger partial charge in [0, 0.05) is 5.41 Å². The van der Waals surface area contributed by atoms with Crippen LogP contribution < -0.4 is 0 Å². The Bertz CT molecular complexity index is 398. The molecule has 0 aromatic heterocycles. The number of unbranched alkanes of at least 4 members (excludes halogenated alkanes) is 2. The maximum absolute atomic E-state index is 12.5. The van der Waals surface area contributed by atoms with E-state index in [4.69, 9.17) is 4.74 Å². The van der Waals surface area contributed by atoms with Gasteiger partial charge >= 0.3 is 5.97 Å². The van der Waals surface area contributed by atoms with Crippen molar-refractivity contribution in [2.24, 2.45) is 16.7 Å². The highest BCUT2D eigenvalue weighted by Crippen LogP contribution is 2.66. The zero-order valence-corrected chi connectivity index (χ0v) is 16.0. The van der Waals surface area contributed by atoms with Crippen LogP contribution in [0.25, 0.3) is 0 Å². The van der Waals surface area contributed by atoms with Crippen LogP contribution in [0.5, 0.6) is 0 Å². The van der Waals surface area contributed by atoms with Gasteiger partial charge in [-0.2, -0.15) is 0 Å². The molecule has 2 aliphatic rings. The number of hydrogen-bond donors (Lipinski definition) is 0. The van der Waals surface area contributed by atoms with Crippen molar-refractivity contribution in [2.45, 2.75) is 85.7 Å². The topological polar surface area (TPSA) is 29.5 Å². The first-order chi connectivity index (χ1) is 10.8. The van der Waals surface area contributed by atoms with Gasteiger partial charge in [-0.1, -0.05) is 47.5 Å². The summed E-state index contributed by atoms with van der Waals surface area (Å²) in [5.74, 6) is 0.716. The predicted molar refractivity (Wildman–Crippen MR) is 95.4 cm³/mol. The lowest BCUT2D eigenvalue weighted by molar-refractivity contribution is -0.158. The molecular formula is C20H37NO2. The summed E-state index contributed by atoms with van der Waals surface area (Å²) in [6, 6.07) is 0. The molecule has 134 valence electrons. The van der Waals surface area contributed by atoms with Gasteiger partial charge in [0.25, 0.3) is 0 Å². The van der Waals surface area contributed by atoms with E-state index in [2.05, 4.69) is 39.5 Å². The molecule has 2 bridgehead atoms. The lowest BCUT2D eigenvalue weighted by atomic mass is 9.70. The van der Waals surface area contributed by atoms with Gasteiger partial charge in [0.2, 0.25) is 0 Å². The Morgan fingerprint density at radius 1 is 1.13 bits per heavy atom. The summed E-state index contributed by atoms with van der Waals surface area (Å²) in [7, 11) is 0. The summed E-state index contributed by atoms with van der Waals surface area (Å²) >= 11 is 0. The fourth-order valence-electron chi connectivity index (χ4n) is 4.72. The molecule has 2 rings (SSSR count). The van der Waals surface area contributed by atoms with Crippen LogP contribution in [0.3, 0.4) is 0 Å². The number of nitrogens with zero attached hydrogens (tertiary/aromatic N) is 1. The number of esters is 1. The molecular weight excluding hydrogens is 286 g/mol. The lowest BCUT2D eigenvalue weighted by Crippen LogP contribution is -2.41. The van der Waals surface area contributed by atoms with Crippen molar-refractivity contribution >= 4 is 5.97 Å². The second-order valence-electron chi connectivity index (χ2n) is 8.57. The number of carbonyl (C=O) groups excluding carboxylic acids is 1. The minimum absolute atomic E-state index is 0.00761. The molecule has 0 saturated heterocycles. The zero-order valence-electron chi connectivity index (χ0n) is 16.0. The third-order valence-corrected chi connectivity index (χ3v) is 7.00. The van der Waals surface area contributed by atoms with E-state index >= 15 is 0 Å². The molecule has 0 aromatic rings. The molecule has 3 atom stereocenters. The number of hydrogen-bond acceptors (Lipinski definition) is 3. The standard InChI is InChI=1S/C20H37NO2/c1-6-8-12-21(13-9-7-2)15-18(22)23-17-14-16-10-11-20(17,5)19(16,3)4/h16-17H,6-15H2,1-5H3/t16-,17+,20+/m0/s1. The van der Waals surface area contributed by atoms with Crippen molar-refractivity contribution in [3.63, 3.8) is 0 Å². The third kappa shape index (κ3) is 3.75. The minimum atomic E-state index is -0.00761. The summed E-state index contributed by atoms with van der Waals surface area (Å²) in [6.07, 6.45) is 8.37. The van der Waals surface area contributed by atoms with Crippen LogP contribution >= 0.6 is 0 Å². The molecule has 2 fully saturated rings.